The van der Waals surface area contributed by atoms with E-state index < -0.39 is 0 Å². The number of fused-ring (bicyclic) bond motifs is 1. The van der Waals surface area contributed by atoms with Crippen LogP contribution in [-0.2, 0) is 19.1 Å². The number of nitrogens with zero attached hydrogens (tertiary/aromatic N) is 1. The van der Waals surface area contributed by atoms with E-state index in [0.29, 0.717) is 18.5 Å². The molecule has 2 aliphatic heterocycles. The number of hydrogen-bond acceptors (Lipinski definition) is 4. The minimum atomic E-state index is -0.330. The zero-order valence-corrected chi connectivity index (χ0v) is 11.8. The third-order valence-electron chi connectivity index (χ3n) is 4.39. The molecule has 1 saturated carbocycles. The number of likely N-dealkylation sites (tertiary alicyclic amines) is 1. The summed E-state index contributed by atoms with van der Waals surface area (Å²) in [7, 11) is 1.52. The highest BCUT2D eigenvalue weighted by Crippen LogP contribution is 2.33. The Hall–Kier alpha value is -1.14. The van der Waals surface area contributed by atoms with Crippen LogP contribution in [0.2, 0.25) is 0 Å². The summed E-state index contributed by atoms with van der Waals surface area (Å²) in [5.41, 5.74) is 0. The van der Waals surface area contributed by atoms with E-state index in [2.05, 4.69) is 5.32 Å². The standard InChI is InChI=1S/C14H22N2O4/c1-19-8-13(17)16-5-4-9-6-11(20-12(9)7-16)14(18)15-10-2-3-10/h9-12H,2-8H2,1H3,(H,15,18)/t9-,11-,12+/m0/s1. The van der Waals surface area contributed by atoms with Crippen LogP contribution in [0.4, 0.5) is 0 Å². The molecular formula is C14H22N2O4. The van der Waals surface area contributed by atoms with Gasteiger partial charge in [0, 0.05) is 26.2 Å². The Kier molecular flexibility index (Phi) is 3.94. The van der Waals surface area contributed by atoms with Gasteiger partial charge in [0.2, 0.25) is 11.8 Å². The smallest absolute Gasteiger partial charge is 0.249 e. The topological polar surface area (TPSA) is 67.9 Å². The van der Waals surface area contributed by atoms with Gasteiger partial charge < -0.3 is 19.7 Å². The van der Waals surface area contributed by atoms with E-state index in [4.69, 9.17) is 9.47 Å². The number of hydrogen-bond donors (Lipinski definition) is 1. The van der Waals surface area contributed by atoms with Gasteiger partial charge in [-0.25, -0.2) is 0 Å². The summed E-state index contributed by atoms with van der Waals surface area (Å²) < 4.78 is 10.7. The first-order valence-electron chi connectivity index (χ1n) is 7.40. The molecule has 2 amide bonds. The molecule has 0 aromatic carbocycles. The molecule has 0 unspecified atom stereocenters. The number of carbonyl (C=O) groups excluding carboxylic acids is 2. The Balaban J connectivity index is 1.52. The molecule has 0 aromatic heterocycles. The molecule has 3 aliphatic rings. The summed E-state index contributed by atoms with van der Waals surface area (Å²) >= 11 is 0. The predicted molar refractivity (Wildman–Crippen MR) is 71.0 cm³/mol. The molecule has 20 heavy (non-hydrogen) atoms. The van der Waals surface area contributed by atoms with Crippen molar-refractivity contribution < 1.29 is 19.1 Å². The molecule has 6 nitrogen and oxygen atoms in total. The molecular weight excluding hydrogens is 260 g/mol. The number of nitrogens with one attached hydrogen (secondary N) is 1. The Morgan fingerprint density at radius 2 is 2.15 bits per heavy atom. The summed E-state index contributed by atoms with van der Waals surface area (Å²) in [5.74, 6) is 0.425. The molecule has 3 rings (SSSR count). The molecule has 0 radical (unpaired) electrons. The second-order valence-corrected chi connectivity index (χ2v) is 6.00. The second kappa shape index (κ2) is 5.69. The Bertz CT molecular complexity index is 397. The van der Waals surface area contributed by atoms with E-state index in [1.807, 2.05) is 0 Å². The average molecular weight is 282 g/mol. The van der Waals surface area contributed by atoms with E-state index in [-0.39, 0.29) is 30.6 Å². The first-order valence-corrected chi connectivity index (χ1v) is 7.40. The highest BCUT2D eigenvalue weighted by atomic mass is 16.5. The van der Waals surface area contributed by atoms with Gasteiger partial charge in [0.05, 0.1) is 6.10 Å². The van der Waals surface area contributed by atoms with Crippen molar-refractivity contribution in [2.24, 2.45) is 5.92 Å². The first-order chi connectivity index (χ1) is 9.67. The van der Waals surface area contributed by atoms with Crippen LogP contribution in [0.25, 0.3) is 0 Å². The largest absolute Gasteiger partial charge is 0.375 e. The lowest BCUT2D eigenvalue weighted by molar-refractivity contribution is -0.141. The molecule has 0 spiro atoms. The third kappa shape index (κ3) is 2.96. The van der Waals surface area contributed by atoms with Crippen molar-refractivity contribution in [3.63, 3.8) is 0 Å². The van der Waals surface area contributed by atoms with Gasteiger partial charge >= 0.3 is 0 Å². The van der Waals surface area contributed by atoms with Crippen LogP contribution in [0.5, 0.6) is 0 Å². The van der Waals surface area contributed by atoms with Crippen molar-refractivity contribution in [1.82, 2.24) is 10.2 Å². The van der Waals surface area contributed by atoms with Crippen molar-refractivity contribution in [2.45, 2.75) is 43.9 Å². The van der Waals surface area contributed by atoms with Gasteiger partial charge in [-0.05, 0) is 31.6 Å². The van der Waals surface area contributed by atoms with Crippen LogP contribution >= 0.6 is 0 Å². The van der Waals surface area contributed by atoms with Crippen molar-refractivity contribution >= 4 is 11.8 Å². The molecule has 112 valence electrons. The summed E-state index contributed by atoms with van der Waals surface area (Å²) in [4.78, 5) is 25.6. The molecule has 3 atom stereocenters. The van der Waals surface area contributed by atoms with Gasteiger partial charge in [-0.3, -0.25) is 9.59 Å². The van der Waals surface area contributed by atoms with E-state index in [9.17, 15) is 9.59 Å². The fourth-order valence-corrected chi connectivity index (χ4v) is 3.06. The first kappa shape index (κ1) is 13.8. The van der Waals surface area contributed by atoms with Crippen LogP contribution in [-0.4, -0.2) is 61.8 Å². The van der Waals surface area contributed by atoms with Crippen molar-refractivity contribution in [2.75, 3.05) is 26.8 Å². The average Bonchev–Trinajstić information content (AvgIpc) is 3.14. The van der Waals surface area contributed by atoms with Crippen LogP contribution in [0.1, 0.15) is 25.7 Å². The monoisotopic (exact) mass is 282 g/mol. The predicted octanol–water partition coefficient (Wildman–Crippen LogP) is -0.0826. The normalized spacial score (nSPS) is 32.9. The number of carbonyl (C=O) groups is 2. The fourth-order valence-electron chi connectivity index (χ4n) is 3.06. The number of piperidine rings is 1. The molecule has 6 heteroatoms. The maximum Gasteiger partial charge on any atom is 0.249 e. The lowest BCUT2D eigenvalue weighted by Gasteiger charge is -2.33. The number of amides is 2. The molecule has 1 aliphatic carbocycles. The Morgan fingerprint density at radius 1 is 1.35 bits per heavy atom. The van der Waals surface area contributed by atoms with E-state index in [1.165, 1.54) is 7.11 Å². The number of methoxy groups -OCH3 is 1. The SMILES string of the molecule is COCC(=O)N1CC[C@H]2C[C@@H](C(=O)NC3CC3)O[C@@H]2C1. The van der Waals surface area contributed by atoms with Crippen molar-refractivity contribution in [3.05, 3.63) is 0 Å². The molecule has 2 heterocycles. The highest BCUT2D eigenvalue weighted by molar-refractivity contribution is 5.81. The lowest BCUT2D eigenvalue weighted by atomic mass is 9.91. The molecule has 1 N–H and O–H groups in total. The van der Waals surface area contributed by atoms with Gasteiger partial charge in [0.1, 0.15) is 12.7 Å². The lowest BCUT2D eigenvalue weighted by Crippen LogP contribution is -2.46. The van der Waals surface area contributed by atoms with Crippen molar-refractivity contribution in [3.8, 4) is 0 Å². The Labute approximate surface area is 118 Å². The number of ether oxygens (including phenoxy) is 2. The maximum absolute atomic E-state index is 12.0. The van der Waals surface area contributed by atoms with Crippen LogP contribution in [0.15, 0.2) is 0 Å². The maximum atomic E-state index is 12.0. The molecule has 0 bridgehead atoms. The van der Waals surface area contributed by atoms with E-state index >= 15 is 0 Å². The van der Waals surface area contributed by atoms with Gasteiger partial charge in [-0.15, -0.1) is 0 Å². The summed E-state index contributed by atoms with van der Waals surface area (Å²) in [6, 6.07) is 0.369. The minimum absolute atomic E-state index is 0.000400. The summed E-state index contributed by atoms with van der Waals surface area (Å²) in [6.07, 6.45) is 3.54. The van der Waals surface area contributed by atoms with Gasteiger partial charge in [-0.1, -0.05) is 0 Å². The van der Waals surface area contributed by atoms with Crippen molar-refractivity contribution in [1.29, 1.82) is 0 Å². The van der Waals surface area contributed by atoms with E-state index in [1.54, 1.807) is 4.90 Å². The zero-order valence-electron chi connectivity index (χ0n) is 11.8. The summed E-state index contributed by atoms with van der Waals surface area (Å²) in [6.45, 7) is 1.44. The highest BCUT2D eigenvalue weighted by Gasteiger charge is 2.43. The fraction of sp³-hybridized carbons (Fsp3) is 0.857. The van der Waals surface area contributed by atoms with Crippen LogP contribution in [0.3, 0.4) is 0 Å². The van der Waals surface area contributed by atoms with Gasteiger partial charge in [0.25, 0.3) is 0 Å². The van der Waals surface area contributed by atoms with Gasteiger partial charge in [0.15, 0.2) is 0 Å². The summed E-state index contributed by atoms with van der Waals surface area (Å²) in [5, 5.41) is 3.00. The second-order valence-electron chi connectivity index (χ2n) is 6.00. The minimum Gasteiger partial charge on any atom is -0.375 e. The third-order valence-corrected chi connectivity index (χ3v) is 4.39. The zero-order chi connectivity index (χ0) is 14.1. The quantitative estimate of drug-likeness (QED) is 0.783. The molecule has 0 aromatic rings. The van der Waals surface area contributed by atoms with Gasteiger partial charge in [-0.2, -0.15) is 0 Å². The molecule has 3 fully saturated rings. The molecule has 2 saturated heterocycles. The Morgan fingerprint density at radius 3 is 2.85 bits per heavy atom. The van der Waals surface area contributed by atoms with Crippen LogP contribution < -0.4 is 5.32 Å². The van der Waals surface area contributed by atoms with Crippen LogP contribution in [0, 0.1) is 5.92 Å². The number of rotatable bonds is 4. The van der Waals surface area contributed by atoms with E-state index in [0.717, 1.165) is 32.2 Å².